The molecule has 1 aliphatic heterocycles. The van der Waals surface area contributed by atoms with Gasteiger partial charge in [-0.15, -0.1) is 0 Å². The summed E-state index contributed by atoms with van der Waals surface area (Å²) in [6.07, 6.45) is 0.184. The molecule has 4 rings (SSSR count). The van der Waals surface area contributed by atoms with Crippen LogP contribution in [0.2, 0.25) is 0 Å². The zero-order valence-corrected chi connectivity index (χ0v) is 18.3. The molecular formula is C26H23N3O4. The highest BCUT2D eigenvalue weighted by Gasteiger charge is 2.42. The standard InChI is InChI=1S/C26H23N3O4/c1-17(30)28(2)20-14-12-19(13-15-20)27-24(31)23(16-18-8-4-3-5-9-18)29-25(32)21-10-6-7-11-22(21)26(29)33/h3-15,23H,16H2,1-2H3,(H,27,31). The van der Waals surface area contributed by atoms with Crippen LogP contribution in [-0.2, 0) is 16.0 Å². The van der Waals surface area contributed by atoms with Crippen LogP contribution < -0.4 is 10.2 Å². The van der Waals surface area contributed by atoms with Crippen molar-refractivity contribution < 1.29 is 19.2 Å². The van der Waals surface area contributed by atoms with E-state index in [0.29, 0.717) is 22.5 Å². The number of hydrogen-bond donors (Lipinski definition) is 1. The maximum Gasteiger partial charge on any atom is 0.262 e. The molecule has 0 aliphatic carbocycles. The van der Waals surface area contributed by atoms with Gasteiger partial charge in [-0.1, -0.05) is 42.5 Å². The van der Waals surface area contributed by atoms with Gasteiger partial charge in [-0.25, -0.2) is 0 Å². The van der Waals surface area contributed by atoms with Crippen molar-refractivity contribution in [2.75, 3.05) is 17.3 Å². The van der Waals surface area contributed by atoms with Crippen molar-refractivity contribution >= 4 is 35.0 Å². The van der Waals surface area contributed by atoms with Gasteiger partial charge in [0.2, 0.25) is 11.8 Å². The molecular weight excluding hydrogens is 418 g/mol. The summed E-state index contributed by atoms with van der Waals surface area (Å²) in [4.78, 5) is 53.6. The van der Waals surface area contributed by atoms with Gasteiger partial charge in [0.15, 0.2) is 0 Å². The monoisotopic (exact) mass is 441 g/mol. The van der Waals surface area contributed by atoms with Gasteiger partial charge in [-0.3, -0.25) is 24.1 Å². The van der Waals surface area contributed by atoms with Gasteiger partial charge in [0.05, 0.1) is 11.1 Å². The lowest BCUT2D eigenvalue weighted by molar-refractivity contribution is -0.120. The van der Waals surface area contributed by atoms with Gasteiger partial charge in [0, 0.05) is 31.8 Å². The zero-order valence-electron chi connectivity index (χ0n) is 18.3. The third kappa shape index (κ3) is 4.39. The Balaban J connectivity index is 1.61. The van der Waals surface area contributed by atoms with Gasteiger partial charge in [0.1, 0.15) is 6.04 Å². The lowest BCUT2D eigenvalue weighted by Gasteiger charge is -2.25. The smallest absolute Gasteiger partial charge is 0.262 e. The minimum Gasteiger partial charge on any atom is -0.324 e. The van der Waals surface area contributed by atoms with Crippen LogP contribution in [0.1, 0.15) is 33.2 Å². The van der Waals surface area contributed by atoms with Crippen LogP contribution in [0.15, 0.2) is 78.9 Å². The number of amides is 4. The molecule has 0 bridgehead atoms. The van der Waals surface area contributed by atoms with E-state index >= 15 is 0 Å². The van der Waals surface area contributed by atoms with Crippen LogP contribution in [0.25, 0.3) is 0 Å². The average molecular weight is 441 g/mol. The molecule has 0 fully saturated rings. The van der Waals surface area contributed by atoms with E-state index in [2.05, 4.69) is 5.32 Å². The first-order valence-corrected chi connectivity index (χ1v) is 10.5. The Hall–Kier alpha value is -4.26. The normalized spacial score (nSPS) is 13.5. The summed E-state index contributed by atoms with van der Waals surface area (Å²) in [5.74, 6) is -1.54. The van der Waals surface area contributed by atoms with Crippen molar-refractivity contribution in [1.29, 1.82) is 0 Å². The Kier molecular flexibility index (Phi) is 6.04. The Bertz CT molecular complexity index is 1190. The van der Waals surface area contributed by atoms with E-state index in [1.54, 1.807) is 55.6 Å². The van der Waals surface area contributed by atoms with Gasteiger partial charge in [-0.05, 0) is 42.0 Å². The molecule has 1 heterocycles. The van der Waals surface area contributed by atoms with Crippen LogP contribution in [0, 0.1) is 0 Å². The summed E-state index contributed by atoms with van der Waals surface area (Å²) in [6.45, 7) is 1.46. The number of nitrogens with one attached hydrogen (secondary N) is 1. The summed E-state index contributed by atoms with van der Waals surface area (Å²) in [5.41, 5.74) is 2.60. The minimum atomic E-state index is -1.03. The van der Waals surface area contributed by atoms with Crippen LogP contribution in [0.3, 0.4) is 0 Å². The molecule has 1 aliphatic rings. The molecule has 33 heavy (non-hydrogen) atoms. The largest absolute Gasteiger partial charge is 0.324 e. The van der Waals surface area contributed by atoms with Crippen molar-refractivity contribution in [2.45, 2.75) is 19.4 Å². The number of rotatable bonds is 6. The lowest BCUT2D eigenvalue weighted by Crippen LogP contribution is -2.48. The third-order valence-electron chi connectivity index (χ3n) is 5.71. The molecule has 1 N–H and O–H groups in total. The van der Waals surface area contributed by atoms with E-state index in [1.165, 1.54) is 11.8 Å². The van der Waals surface area contributed by atoms with Crippen molar-refractivity contribution in [3.63, 3.8) is 0 Å². The van der Waals surface area contributed by atoms with Crippen molar-refractivity contribution in [1.82, 2.24) is 4.90 Å². The molecule has 0 saturated carbocycles. The third-order valence-corrected chi connectivity index (χ3v) is 5.71. The number of carbonyl (C=O) groups excluding carboxylic acids is 4. The molecule has 7 heteroatoms. The van der Waals surface area contributed by atoms with E-state index in [4.69, 9.17) is 0 Å². The molecule has 1 atom stereocenters. The number of anilines is 2. The van der Waals surface area contributed by atoms with E-state index in [0.717, 1.165) is 10.5 Å². The fourth-order valence-electron chi connectivity index (χ4n) is 3.81. The predicted molar refractivity (Wildman–Crippen MR) is 125 cm³/mol. The Morgan fingerprint density at radius 3 is 1.94 bits per heavy atom. The molecule has 0 saturated heterocycles. The van der Waals surface area contributed by atoms with Crippen LogP contribution >= 0.6 is 0 Å². The summed E-state index contributed by atoms with van der Waals surface area (Å²) in [5, 5.41) is 2.81. The first-order valence-electron chi connectivity index (χ1n) is 10.5. The quantitative estimate of drug-likeness (QED) is 0.593. The first-order chi connectivity index (χ1) is 15.9. The minimum absolute atomic E-state index is 0.111. The zero-order chi connectivity index (χ0) is 23.5. The van der Waals surface area contributed by atoms with E-state index in [-0.39, 0.29) is 12.3 Å². The molecule has 0 spiro atoms. The summed E-state index contributed by atoms with van der Waals surface area (Å²) < 4.78 is 0. The van der Waals surface area contributed by atoms with Gasteiger partial charge in [-0.2, -0.15) is 0 Å². The second-order valence-electron chi connectivity index (χ2n) is 7.85. The maximum absolute atomic E-state index is 13.4. The number of carbonyl (C=O) groups is 4. The van der Waals surface area contributed by atoms with Gasteiger partial charge >= 0.3 is 0 Å². The lowest BCUT2D eigenvalue weighted by atomic mass is 10.0. The van der Waals surface area contributed by atoms with Crippen molar-refractivity contribution in [3.05, 3.63) is 95.6 Å². The maximum atomic E-state index is 13.4. The highest BCUT2D eigenvalue weighted by Crippen LogP contribution is 2.27. The molecule has 0 radical (unpaired) electrons. The number of imide groups is 1. The van der Waals surface area contributed by atoms with Crippen LogP contribution in [-0.4, -0.2) is 41.6 Å². The summed E-state index contributed by atoms with van der Waals surface area (Å²) in [7, 11) is 1.66. The topological polar surface area (TPSA) is 86.8 Å². The van der Waals surface area contributed by atoms with Crippen molar-refractivity contribution in [3.8, 4) is 0 Å². The van der Waals surface area contributed by atoms with E-state index in [1.807, 2.05) is 30.3 Å². The molecule has 3 aromatic rings. The highest BCUT2D eigenvalue weighted by atomic mass is 16.2. The number of hydrogen-bond acceptors (Lipinski definition) is 4. The number of fused-ring (bicyclic) bond motifs is 1. The number of benzene rings is 3. The van der Waals surface area contributed by atoms with Crippen LogP contribution in [0.4, 0.5) is 11.4 Å². The van der Waals surface area contributed by atoms with Crippen LogP contribution in [0.5, 0.6) is 0 Å². The molecule has 7 nitrogen and oxygen atoms in total. The Morgan fingerprint density at radius 2 is 1.39 bits per heavy atom. The first kappa shape index (κ1) is 22.0. The highest BCUT2D eigenvalue weighted by molar-refractivity contribution is 6.23. The fraction of sp³-hybridized carbons (Fsp3) is 0.154. The van der Waals surface area contributed by atoms with E-state index in [9.17, 15) is 19.2 Å². The average Bonchev–Trinajstić information content (AvgIpc) is 3.08. The fourth-order valence-corrected chi connectivity index (χ4v) is 3.81. The molecule has 166 valence electrons. The second-order valence-corrected chi connectivity index (χ2v) is 7.85. The Labute approximate surface area is 191 Å². The molecule has 4 amide bonds. The predicted octanol–water partition coefficient (Wildman–Crippen LogP) is 3.52. The molecule has 0 aromatic heterocycles. The summed E-state index contributed by atoms with van der Waals surface area (Å²) in [6, 6.07) is 21.6. The number of nitrogens with zero attached hydrogens (tertiary/aromatic N) is 2. The summed E-state index contributed by atoms with van der Waals surface area (Å²) >= 11 is 0. The van der Waals surface area contributed by atoms with E-state index < -0.39 is 23.8 Å². The SMILES string of the molecule is CC(=O)N(C)c1ccc(NC(=O)C(Cc2ccccc2)N2C(=O)c3ccccc3C2=O)cc1. The molecule has 3 aromatic carbocycles. The molecule has 1 unspecified atom stereocenters. The Morgan fingerprint density at radius 1 is 0.848 bits per heavy atom. The second kappa shape index (κ2) is 9.08. The van der Waals surface area contributed by atoms with Gasteiger partial charge in [0.25, 0.3) is 11.8 Å². The van der Waals surface area contributed by atoms with Crippen molar-refractivity contribution in [2.24, 2.45) is 0 Å². The van der Waals surface area contributed by atoms with Gasteiger partial charge < -0.3 is 10.2 Å².